The Kier molecular flexibility index (Phi) is 5.64. The lowest BCUT2D eigenvalue weighted by molar-refractivity contribution is 0.0627. The van der Waals surface area contributed by atoms with Crippen LogP contribution in [0.2, 0.25) is 0 Å². The van der Waals surface area contributed by atoms with Gasteiger partial charge in [-0.05, 0) is 43.2 Å². The van der Waals surface area contributed by atoms with Crippen LogP contribution >= 0.6 is 0 Å². The molecule has 0 aliphatic carbocycles. The molecule has 0 N–H and O–H groups in total. The summed E-state index contributed by atoms with van der Waals surface area (Å²) < 4.78 is 1.85. The average Bonchev–Trinajstić information content (AvgIpc) is 3.16. The van der Waals surface area contributed by atoms with Crippen molar-refractivity contribution in [1.29, 1.82) is 5.26 Å². The van der Waals surface area contributed by atoms with Crippen molar-refractivity contribution in [2.75, 3.05) is 26.2 Å². The molecule has 1 saturated heterocycles. The molecule has 1 aliphatic rings. The van der Waals surface area contributed by atoms with Gasteiger partial charge >= 0.3 is 0 Å². The number of aromatic nitrogens is 2. The second-order valence-corrected chi connectivity index (χ2v) is 7.72. The van der Waals surface area contributed by atoms with E-state index in [-0.39, 0.29) is 5.91 Å². The van der Waals surface area contributed by atoms with Crippen molar-refractivity contribution in [3.63, 3.8) is 0 Å². The quantitative estimate of drug-likeness (QED) is 0.675. The second kappa shape index (κ2) is 8.52. The highest BCUT2D eigenvalue weighted by molar-refractivity contribution is 5.95. The zero-order valence-corrected chi connectivity index (χ0v) is 17.4. The van der Waals surface area contributed by atoms with Crippen LogP contribution in [0.25, 0.3) is 5.69 Å². The van der Waals surface area contributed by atoms with Gasteiger partial charge in [-0.2, -0.15) is 10.4 Å². The van der Waals surface area contributed by atoms with E-state index in [1.807, 2.05) is 72.0 Å². The molecule has 1 aliphatic heterocycles. The van der Waals surface area contributed by atoms with Gasteiger partial charge in [-0.15, -0.1) is 0 Å². The normalized spacial score (nSPS) is 14.5. The van der Waals surface area contributed by atoms with Crippen LogP contribution in [0.5, 0.6) is 0 Å². The number of amides is 1. The van der Waals surface area contributed by atoms with E-state index in [2.05, 4.69) is 16.1 Å². The summed E-state index contributed by atoms with van der Waals surface area (Å²) in [4.78, 5) is 17.4. The zero-order chi connectivity index (χ0) is 21.1. The summed E-state index contributed by atoms with van der Waals surface area (Å²) >= 11 is 0. The monoisotopic (exact) mass is 399 g/mol. The molecular formula is C24H25N5O. The van der Waals surface area contributed by atoms with Gasteiger partial charge in [0.25, 0.3) is 5.91 Å². The van der Waals surface area contributed by atoms with Crippen molar-refractivity contribution in [3.05, 3.63) is 82.7 Å². The van der Waals surface area contributed by atoms with Gasteiger partial charge in [0.05, 0.1) is 34.8 Å². The number of carbonyl (C=O) groups is 1. The first-order valence-electron chi connectivity index (χ1n) is 10.2. The molecular weight excluding hydrogens is 374 g/mol. The molecule has 152 valence electrons. The predicted octanol–water partition coefficient (Wildman–Crippen LogP) is 3.32. The summed E-state index contributed by atoms with van der Waals surface area (Å²) in [6.45, 7) is 7.89. The molecule has 1 fully saturated rings. The number of aryl methyl sites for hydroxylation is 1. The number of para-hydroxylation sites is 1. The number of piperazine rings is 1. The molecule has 1 amide bonds. The van der Waals surface area contributed by atoms with E-state index in [1.54, 1.807) is 6.20 Å². The third kappa shape index (κ3) is 3.98. The number of hydrogen-bond acceptors (Lipinski definition) is 4. The Labute approximate surface area is 177 Å². The van der Waals surface area contributed by atoms with Crippen molar-refractivity contribution < 1.29 is 4.79 Å². The van der Waals surface area contributed by atoms with Gasteiger partial charge in [0.2, 0.25) is 0 Å². The summed E-state index contributed by atoms with van der Waals surface area (Å²) in [5, 5.41) is 13.4. The molecule has 0 bridgehead atoms. The standard InChI is InChI=1S/C24H25N5O/c1-18-5-3-4-6-23(18)29-19(2)22(16-26-29)24(30)28-13-11-27(12-14-28)17-21-9-7-20(15-25)8-10-21/h3-10,16H,11-14,17H2,1-2H3. The molecule has 0 saturated carbocycles. The van der Waals surface area contributed by atoms with E-state index < -0.39 is 0 Å². The van der Waals surface area contributed by atoms with Crippen LogP contribution in [-0.2, 0) is 6.54 Å². The predicted molar refractivity (Wildman–Crippen MR) is 115 cm³/mol. The van der Waals surface area contributed by atoms with Crippen LogP contribution in [0.4, 0.5) is 0 Å². The minimum atomic E-state index is 0.0466. The Morgan fingerprint density at radius 2 is 1.73 bits per heavy atom. The highest BCUT2D eigenvalue weighted by Crippen LogP contribution is 2.19. The molecule has 30 heavy (non-hydrogen) atoms. The zero-order valence-electron chi connectivity index (χ0n) is 17.4. The second-order valence-electron chi connectivity index (χ2n) is 7.72. The van der Waals surface area contributed by atoms with Crippen LogP contribution in [0.15, 0.2) is 54.7 Å². The number of hydrogen-bond donors (Lipinski definition) is 0. The maximum atomic E-state index is 13.1. The minimum absolute atomic E-state index is 0.0466. The molecule has 6 nitrogen and oxygen atoms in total. The molecule has 4 rings (SSSR count). The van der Waals surface area contributed by atoms with E-state index in [0.717, 1.165) is 36.6 Å². The molecule has 0 unspecified atom stereocenters. The molecule has 0 radical (unpaired) electrons. The highest BCUT2D eigenvalue weighted by atomic mass is 16.2. The molecule has 1 aromatic heterocycles. The van der Waals surface area contributed by atoms with Gasteiger partial charge in [0.1, 0.15) is 0 Å². The summed E-state index contributed by atoms with van der Waals surface area (Å²) in [5.41, 5.74) is 5.52. The van der Waals surface area contributed by atoms with Crippen LogP contribution in [-0.4, -0.2) is 51.7 Å². The molecule has 0 spiro atoms. The van der Waals surface area contributed by atoms with E-state index in [1.165, 1.54) is 5.56 Å². The average molecular weight is 399 g/mol. The van der Waals surface area contributed by atoms with Gasteiger partial charge in [-0.25, -0.2) is 4.68 Å². The number of nitriles is 1. The maximum absolute atomic E-state index is 13.1. The van der Waals surface area contributed by atoms with Crippen molar-refractivity contribution >= 4 is 5.91 Å². The maximum Gasteiger partial charge on any atom is 0.257 e. The highest BCUT2D eigenvalue weighted by Gasteiger charge is 2.25. The van der Waals surface area contributed by atoms with Crippen LogP contribution < -0.4 is 0 Å². The first kappa shape index (κ1) is 19.9. The van der Waals surface area contributed by atoms with Crippen LogP contribution in [0, 0.1) is 25.2 Å². The summed E-state index contributed by atoms with van der Waals surface area (Å²) in [5.74, 6) is 0.0466. The van der Waals surface area contributed by atoms with Gasteiger partial charge < -0.3 is 4.90 Å². The van der Waals surface area contributed by atoms with Crippen molar-refractivity contribution in [2.45, 2.75) is 20.4 Å². The summed E-state index contributed by atoms with van der Waals surface area (Å²) in [7, 11) is 0. The topological polar surface area (TPSA) is 65.2 Å². The Balaban J connectivity index is 1.40. The van der Waals surface area contributed by atoms with Crippen LogP contribution in [0.3, 0.4) is 0 Å². The molecule has 3 aromatic rings. The molecule has 2 aromatic carbocycles. The first-order chi connectivity index (χ1) is 14.6. The SMILES string of the molecule is Cc1ccccc1-n1ncc(C(=O)N2CCN(Cc3ccc(C#N)cc3)CC2)c1C. The number of rotatable bonds is 4. The lowest BCUT2D eigenvalue weighted by Crippen LogP contribution is -2.48. The Morgan fingerprint density at radius 3 is 2.40 bits per heavy atom. The first-order valence-corrected chi connectivity index (χ1v) is 10.2. The lowest BCUT2D eigenvalue weighted by Gasteiger charge is -2.34. The third-order valence-electron chi connectivity index (χ3n) is 5.73. The van der Waals surface area contributed by atoms with E-state index in [4.69, 9.17) is 5.26 Å². The van der Waals surface area contributed by atoms with E-state index in [9.17, 15) is 4.79 Å². The summed E-state index contributed by atoms with van der Waals surface area (Å²) in [6.07, 6.45) is 1.69. The van der Waals surface area contributed by atoms with Crippen molar-refractivity contribution in [2.24, 2.45) is 0 Å². The van der Waals surface area contributed by atoms with E-state index in [0.29, 0.717) is 24.2 Å². The van der Waals surface area contributed by atoms with Gasteiger partial charge in [-0.1, -0.05) is 30.3 Å². The van der Waals surface area contributed by atoms with Gasteiger partial charge in [0, 0.05) is 32.7 Å². The van der Waals surface area contributed by atoms with Gasteiger partial charge in [0.15, 0.2) is 0 Å². The number of benzene rings is 2. The largest absolute Gasteiger partial charge is 0.336 e. The molecule has 2 heterocycles. The fourth-order valence-electron chi connectivity index (χ4n) is 3.89. The Morgan fingerprint density at radius 1 is 1.03 bits per heavy atom. The fourth-order valence-corrected chi connectivity index (χ4v) is 3.89. The molecule has 6 heteroatoms. The number of nitrogens with zero attached hydrogens (tertiary/aromatic N) is 5. The lowest BCUT2D eigenvalue weighted by atomic mass is 10.1. The van der Waals surface area contributed by atoms with Crippen molar-refractivity contribution in [1.82, 2.24) is 19.6 Å². The smallest absolute Gasteiger partial charge is 0.257 e. The fraction of sp³-hybridized carbons (Fsp3) is 0.292. The molecule has 0 atom stereocenters. The Hall–Kier alpha value is -3.43. The Bertz CT molecular complexity index is 1090. The summed E-state index contributed by atoms with van der Waals surface area (Å²) in [6, 6.07) is 17.9. The minimum Gasteiger partial charge on any atom is -0.336 e. The van der Waals surface area contributed by atoms with Gasteiger partial charge in [-0.3, -0.25) is 9.69 Å². The number of carbonyl (C=O) groups excluding carboxylic acids is 1. The third-order valence-corrected chi connectivity index (χ3v) is 5.73. The van der Waals surface area contributed by atoms with E-state index >= 15 is 0 Å². The van der Waals surface area contributed by atoms with Crippen LogP contribution in [0.1, 0.15) is 32.7 Å². The van der Waals surface area contributed by atoms with Crippen molar-refractivity contribution in [3.8, 4) is 11.8 Å².